The number of ether oxygens (including phenoxy) is 1. The Labute approximate surface area is 181 Å². The summed E-state index contributed by atoms with van der Waals surface area (Å²) in [6, 6.07) is 0. The van der Waals surface area contributed by atoms with Gasteiger partial charge in [-0.3, -0.25) is 9.59 Å². The molecule has 170 valence electrons. The van der Waals surface area contributed by atoms with Crippen LogP contribution < -0.4 is 0 Å². The molecule has 0 heterocycles. The second kappa shape index (κ2) is 14.3. The van der Waals surface area contributed by atoms with E-state index in [1.165, 1.54) is 7.11 Å². The number of methoxy groups -OCH3 is 1. The van der Waals surface area contributed by atoms with Gasteiger partial charge in [0.25, 0.3) is 0 Å². The Morgan fingerprint density at radius 3 is 2.67 bits per heavy atom. The number of aliphatic hydroxyl groups is 2. The highest BCUT2D eigenvalue weighted by molar-refractivity contribution is 5.84. The molecule has 0 amide bonds. The van der Waals surface area contributed by atoms with E-state index in [0.717, 1.165) is 32.1 Å². The van der Waals surface area contributed by atoms with E-state index in [9.17, 15) is 19.8 Å². The lowest BCUT2D eigenvalue weighted by molar-refractivity contribution is -0.140. The number of aliphatic hydroxyl groups excluding tert-OH is 1. The zero-order valence-corrected chi connectivity index (χ0v) is 18.7. The summed E-state index contributed by atoms with van der Waals surface area (Å²) in [7, 11) is 1.38. The second-order valence-electron chi connectivity index (χ2n) is 8.35. The zero-order chi connectivity index (χ0) is 22.4. The Morgan fingerprint density at radius 1 is 1.23 bits per heavy atom. The van der Waals surface area contributed by atoms with Crippen molar-refractivity contribution in [2.45, 2.75) is 89.3 Å². The van der Waals surface area contributed by atoms with Gasteiger partial charge in [-0.2, -0.15) is 0 Å². The van der Waals surface area contributed by atoms with Crippen molar-refractivity contribution in [3.63, 3.8) is 0 Å². The number of carbonyl (C=O) groups is 2. The number of hydrogen-bond acceptors (Lipinski definition) is 5. The van der Waals surface area contributed by atoms with Crippen molar-refractivity contribution in [2.75, 3.05) is 7.11 Å². The van der Waals surface area contributed by atoms with Gasteiger partial charge in [0.15, 0.2) is 0 Å². The van der Waals surface area contributed by atoms with Crippen molar-refractivity contribution in [3.8, 4) is 0 Å². The number of unbranched alkanes of at least 4 members (excludes halogenated alkanes) is 4. The maximum Gasteiger partial charge on any atom is 0.305 e. The molecular weight excluding hydrogens is 380 g/mol. The molecule has 1 saturated carbocycles. The summed E-state index contributed by atoms with van der Waals surface area (Å²) in [5.74, 6) is -0.608. The van der Waals surface area contributed by atoms with Gasteiger partial charge in [0.2, 0.25) is 0 Å². The summed E-state index contributed by atoms with van der Waals surface area (Å²) in [6.45, 7) is 5.94. The highest BCUT2D eigenvalue weighted by Gasteiger charge is 2.39. The molecule has 1 aliphatic carbocycles. The van der Waals surface area contributed by atoms with Crippen molar-refractivity contribution in [1.29, 1.82) is 0 Å². The molecule has 4 atom stereocenters. The molecule has 1 fully saturated rings. The van der Waals surface area contributed by atoms with Gasteiger partial charge >= 0.3 is 5.97 Å². The minimum atomic E-state index is -0.938. The fraction of sp³-hybridized carbons (Fsp3) is 0.680. The molecule has 0 aromatic heterocycles. The number of hydrogen-bond donors (Lipinski definition) is 2. The molecule has 0 aromatic carbocycles. The Bertz CT molecular complexity index is 594. The highest BCUT2D eigenvalue weighted by atomic mass is 16.5. The lowest BCUT2D eigenvalue weighted by Gasteiger charge is -2.23. The van der Waals surface area contributed by atoms with Crippen LogP contribution >= 0.6 is 0 Å². The number of esters is 1. The summed E-state index contributed by atoms with van der Waals surface area (Å²) >= 11 is 0. The molecule has 1 unspecified atom stereocenters. The van der Waals surface area contributed by atoms with Gasteiger partial charge in [0, 0.05) is 24.7 Å². The van der Waals surface area contributed by atoms with Crippen LogP contribution in [-0.4, -0.2) is 40.8 Å². The molecule has 5 heteroatoms. The first-order chi connectivity index (χ1) is 14.4. The van der Waals surface area contributed by atoms with Gasteiger partial charge in [-0.05, 0) is 32.1 Å². The predicted octanol–water partition coefficient (Wildman–Crippen LogP) is 4.68. The maximum absolute atomic E-state index is 12.3. The van der Waals surface area contributed by atoms with Gasteiger partial charge in [0.05, 0.1) is 18.8 Å². The van der Waals surface area contributed by atoms with Crippen LogP contribution in [0.1, 0.15) is 77.6 Å². The molecule has 0 aliphatic heterocycles. The lowest BCUT2D eigenvalue weighted by atomic mass is 9.88. The lowest BCUT2D eigenvalue weighted by Crippen LogP contribution is -2.25. The van der Waals surface area contributed by atoms with Crippen molar-refractivity contribution in [3.05, 3.63) is 37.0 Å². The van der Waals surface area contributed by atoms with Crippen LogP contribution in [0.2, 0.25) is 0 Å². The Balaban J connectivity index is 2.55. The first kappa shape index (κ1) is 26.3. The van der Waals surface area contributed by atoms with Crippen LogP contribution in [0.15, 0.2) is 37.0 Å². The number of allylic oxidation sites excluding steroid dienone is 2. The van der Waals surface area contributed by atoms with Crippen LogP contribution in [0.5, 0.6) is 0 Å². The molecule has 30 heavy (non-hydrogen) atoms. The number of Topliss-reactive ketones (excluding diaryl/α,β-unsaturated/α-hetero) is 1. The van der Waals surface area contributed by atoms with Crippen LogP contribution in [0.3, 0.4) is 0 Å². The van der Waals surface area contributed by atoms with E-state index in [4.69, 9.17) is 0 Å². The third kappa shape index (κ3) is 9.40. The van der Waals surface area contributed by atoms with E-state index in [-0.39, 0.29) is 30.0 Å². The third-order valence-electron chi connectivity index (χ3n) is 5.94. The molecule has 5 nitrogen and oxygen atoms in total. The van der Waals surface area contributed by atoms with E-state index in [1.54, 1.807) is 6.08 Å². The molecule has 1 aliphatic rings. The average Bonchev–Trinajstić information content (AvgIpc) is 3.00. The second-order valence-corrected chi connectivity index (χ2v) is 8.35. The van der Waals surface area contributed by atoms with Crippen molar-refractivity contribution in [2.24, 2.45) is 11.8 Å². The van der Waals surface area contributed by atoms with E-state index in [1.807, 2.05) is 24.3 Å². The van der Waals surface area contributed by atoms with Gasteiger partial charge in [0.1, 0.15) is 5.78 Å². The monoisotopic (exact) mass is 420 g/mol. The number of rotatable bonds is 15. The number of ketones is 1. The van der Waals surface area contributed by atoms with E-state index >= 15 is 0 Å². The van der Waals surface area contributed by atoms with Crippen molar-refractivity contribution >= 4 is 11.8 Å². The summed E-state index contributed by atoms with van der Waals surface area (Å²) < 4.78 is 4.61. The van der Waals surface area contributed by atoms with Crippen molar-refractivity contribution < 1.29 is 24.5 Å². The molecule has 0 spiro atoms. The summed E-state index contributed by atoms with van der Waals surface area (Å²) in [6.07, 6.45) is 16.8. The van der Waals surface area contributed by atoms with Gasteiger partial charge in [-0.25, -0.2) is 0 Å². The van der Waals surface area contributed by atoms with Crippen LogP contribution in [0.4, 0.5) is 0 Å². The summed E-state index contributed by atoms with van der Waals surface area (Å²) in [4.78, 5) is 23.4. The van der Waals surface area contributed by atoms with E-state index in [2.05, 4.69) is 18.2 Å². The highest BCUT2D eigenvalue weighted by Crippen LogP contribution is 2.34. The summed E-state index contributed by atoms with van der Waals surface area (Å²) in [5, 5.41) is 21.0. The standard InChI is InChI=1S/C25H40O5/c1-4-6-7-12-17-25(29,5-2)18-13-15-21-20(22(26)19-23(21)27)14-10-8-9-11-16-24(28)30-3/h5,8,10,13,15,20-21,23,27,29H,2,4,6-7,9,11-12,14,16-19H2,1,3H3/b10-8-,15-13+/t20-,21-,23-,25?/m1/s1. The van der Waals surface area contributed by atoms with Gasteiger partial charge < -0.3 is 14.9 Å². The fourth-order valence-electron chi connectivity index (χ4n) is 3.93. The molecule has 0 aromatic rings. The quantitative estimate of drug-likeness (QED) is 0.228. The Kier molecular flexibility index (Phi) is 12.6. The topological polar surface area (TPSA) is 83.8 Å². The van der Waals surface area contributed by atoms with Crippen molar-refractivity contribution in [1.82, 2.24) is 0 Å². The first-order valence-electron chi connectivity index (χ1n) is 11.3. The van der Waals surface area contributed by atoms with E-state index in [0.29, 0.717) is 32.1 Å². The zero-order valence-electron chi connectivity index (χ0n) is 18.7. The Morgan fingerprint density at radius 2 is 2.00 bits per heavy atom. The Hall–Kier alpha value is -1.72. The molecule has 0 bridgehead atoms. The molecule has 1 rings (SSSR count). The molecule has 2 N–H and O–H groups in total. The average molecular weight is 421 g/mol. The van der Waals surface area contributed by atoms with Gasteiger partial charge in [-0.15, -0.1) is 6.58 Å². The normalized spacial score (nSPS) is 23.9. The van der Waals surface area contributed by atoms with Gasteiger partial charge in [-0.1, -0.05) is 63.0 Å². The third-order valence-corrected chi connectivity index (χ3v) is 5.94. The molecule has 0 radical (unpaired) electrons. The molecule has 0 saturated heterocycles. The minimum absolute atomic E-state index is 0.0786. The van der Waals surface area contributed by atoms with Crippen LogP contribution in [0, 0.1) is 11.8 Å². The van der Waals surface area contributed by atoms with Crippen LogP contribution in [-0.2, 0) is 14.3 Å². The predicted molar refractivity (Wildman–Crippen MR) is 120 cm³/mol. The minimum Gasteiger partial charge on any atom is -0.469 e. The molecular formula is C25H40O5. The van der Waals surface area contributed by atoms with E-state index < -0.39 is 11.7 Å². The van der Waals surface area contributed by atoms with Crippen LogP contribution in [0.25, 0.3) is 0 Å². The first-order valence-corrected chi connectivity index (χ1v) is 11.3. The number of carbonyl (C=O) groups excluding carboxylic acids is 2. The smallest absolute Gasteiger partial charge is 0.305 e. The summed E-state index contributed by atoms with van der Waals surface area (Å²) in [5.41, 5.74) is -0.938. The largest absolute Gasteiger partial charge is 0.469 e. The SMILES string of the molecule is C=CC(O)(C/C=C/[C@H]1[C@H](O)CC(=O)[C@@H]1C/C=C\CCCC(=O)OC)CCCCCC. The maximum atomic E-state index is 12.3. The fourth-order valence-corrected chi connectivity index (χ4v) is 3.93.